The van der Waals surface area contributed by atoms with Crippen LogP contribution in [0.4, 0.5) is 5.13 Å². The van der Waals surface area contributed by atoms with Gasteiger partial charge in [-0.25, -0.2) is 4.98 Å². The molecule has 0 radical (unpaired) electrons. The van der Waals surface area contributed by atoms with Gasteiger partial charge in [0.25, 0.3) is 0 Å². The third-order valence-electron chi connectivity index (χ3n) is 2.88. The molecule has 0 atom stereocenters. The summed E-state index contributed by atoms with van der Waals surface area (Å²) in [6, 6.07) is 3.68. The van der Waals surface area contributed by atoms with Crippen LogP contribution in [0.15, 0.2) is 24.5 Å². The van der Waals surface area contributed by atoms with Gasteiger partial charge in [-0.2, -0.15) is 0 Å². The van der Waals surface area contributed by atoms with Crippen molar-refractivity contribution >= 4 is 28.8 Å². The number of amides is 2. The molecule has 0 saturated carbocycles. The summed E-state index contributed by atoms with van der Waals surface area (Å²) in [6.45, 7) is 2.75. The minimum absolute atomic E-state index is 0.204. The molecule has 0 aliphatic carbocycles. The van der Waals surface area contributed by atoms with Gasteiger partial charge in [-0.3, -0.25) is 14.6 Å². The highest BCUT2D eigenvalue weighted by atomic mass is 32.1. The van der Waals surface area contributed by atoms with Crippen LogP contribution in [0.2, 0.25) is 0 Å². The number of hydrogen-bond donors (Lipinski definition) is 2. The largest absolute Gasteiger partial charge is 0.356 e. The van der Waals surface area contributed by atoms with E-state index < -0.39 is 0 Å². The van der Waals surface area contributed by atoms with Crippen LogP contribution in [0.3, 0.4) is 0 Å². The maximum atomic E-state index is 10.3. The summed E-state index contributed by atoms with van der Waals surface area (Å²) in [5, 5.41) is 5.76. The molecule has 0 bridgehead atoms. The van der Waals surface area contributed by atoms with Crippen LogP contribution in [0.1, 0.15) is 29.0 Å². The number of aryl methyl sites for hydroxylation is 1. The number of nitrogens with zero attached hydrogens (tertiary/aromatic N) is 2. The predicted molar refractivity (Wildman–Crippen MR) is 89.0 cm³/mol. The highest BCUT2D eigenvalue weighted by Gasteiger charge is 2.05. The maximum absolute atomic E-state index is 10.3. The molecule has 1 saturated heterocycles. The Hall–Kier alpha value is -2.72. The molecule has 7 heteroatoms. The lowest BCUT2D eigenvalue weighted by molar-refractivity contribution is -0.119. The van der Waals surface area contributed by atoms with Crippen molar-refractivity contribution in [3.05, 3.63) is 40.7 Å². The molecule has 6 nitrogen and oxygen atoms in total. The van der Waals surface area contributed by atoms with Gasteiger partial charge in [0, 0.05) is 30.9 Å². The van der Waals surface area contributed by atoms with E-state index in [9.17, 15) is 9.59 Å². The number of aromatic nitrogens is 2. The Bertz CT molecular complexity index is 724. The summed E-state index contributed by atoms with van der Waals surface area (Å²) in [5.74, 6) is 6.26. The summed E-state index contributed by atoms with van der Waals surface area (Å²) in [6.07, 6.45) is 5.77. The lowest BCUT2D eigenvalue weighted by Crippen LogP contribution is -2.12. The standard InChI is InChI=1S/C12H9N3OS.C4H7NO/c1-9-11(17-12(15-9)14-8-16)3-2-10-4-6-13-7-5-10;6-4-2-1-3-5-4/h4-8H,1H3,(H,14,15,16);1-3H2,(H,5,6). The second-order valence-electron chi connectivity index (χ2n) is 4.64. The fraction of sp³-hybridized carbons (Fsp3) is 0.250. The highest BCUT2D eigenvalue weighted by Crippen LogP contribution is 2.20. The van der Waals surface area contributed by atoms with Gasteiger partial charge in [0.05, 0.1) is 5.69 Å². The van der Waals surface area contributed by atoms with Crippen LogP contribution in [0.5, 0.6) is 0 Å². The zero-order chi connectivity index (χ0) is 16.5. The van der Waals surface area contributed by atoms with Crippen LogP contribution < -0.4 is 10.6 Å². The molecule has 2 amide bonds. The van der Waals surface area contributed by atoms with Gasteiger partial charge in [0.15, 0.2) is 5.13 Å². The van der Waals surface area contributed by atoms with Crippen LogP contribution in [0.25, 0.3) is 0 Å². The fourth-order valence-corrected chi connectivity index (χ4v) is 2.53. The second kappa shape index (κ2) is 8.66. The van der Waals surface area contributed by atoms with E-state index in [0.717, 1.165) is 35.5 Å². The highest BCUT2D eigenvalue weighted by molar-refractivity contribution is 7.16. The van der Waals surface area contributed by atoms with Crippen molar-refractivity contribution in [2.45, 2.75) is 19.8 Å². The fourth-order valence-electron chi connectivity index (χ4n) is 1.75. The number of thiazole rings is 1. The van der Waals surface area contributed by atoms with Gasteiger partial charge in [-0.05, 0) is 31.4 Å². The van der Waals surface area contributed by atoms with Crippen molar-refractivity contribution in [3.8, 4) is 11.8 Å². The normalized spacial score (nSPS) is 12.3. The molecule has 3 rings (SSSR count). The monoisotopic (exact) mass is 328 g/mol. The topological polar surface area (TPSA) is 84.0 Å². The van der Waals surface area contributed by atoms with Gasteiger partial charge in [-0.15, -0.1) is 0 Å². The average Bonchev–Trinajstić information content (AvgIpc) is 3.16. The van der Waals surface area contributed by atoms with Gasteiger partial charge >= 0.3 is 0 Å². The molecule has 0 spiro atoms. The molecule has 0 unspecified atom stereocenters. The van der Waals surface area contributed by atoms with Gasteiger partial charge < -0.3 is 10.6 Å². The molecular formula is C16H16N4O2S. The van der Waals surface area contributed by atoms with E-state index in [1.54, 1.807) is 12.4 Å². The van der Waals surface area contributed by atoms with Crippen molar-refractivity contribution in [3.63, 3.8) is 0 Å². The zero-order valence-electron chi connectivity index (χ0n) is 12.6. The molecule has 2 aromatic rings. The number of carbonyl (C=O) groups is 2. The van der Waals surface area contributed by atoms with Crippen molar-refractivity contribution in [1.29, 1.82) is 0 Å². The molecule has 1 fully saturated rings. The molecule has 2 aromatic heterocycles. The number of anilines is 1. The maximum Gasteiger partial charge on any atom is 0.220 e. The van der Waals surface area contributed by atoms with E-state index in [1.165, 1.54) is 11.3 Å². The van der Waals surface area contributed by atoms with Crippen LogP contribution in [0, 0.1) is 18.8 Å². The zero-order valence-corrected chi connectivity index (χ0v) is 13.4. The molecule has 2 N–H and O–H groups in total. The van der Waals surface area contributed by atoms with E-state index in [-0.39, 0.29) is 5.91 Å². The minimum atomic E-state index is 0.204. The smallest absolute Gasteiger partial charge is 0.220 e. The summed E-state index contributed by atoms with van der Waals surface area (Å²) in [4.78, 5) is 29.4. The van der Waals surface area contributed by atoms with Gasteiger partial charge in [-0.1, -0.05) is 17.3 Å². The first-order valence-corrected chi connectivity index (χ1v) is 7.87. The van der Waals surface area contributed by atoms with Crippen molar-refractivity contribution in [2.75, 3.05) is 11.9 Å². The van der Waals surface area contributed by atoms with Crippen LogP contribution in [-0.4, -0.2) is 28.8 Å². The Morgan fingerprint density at radius 3 is 2.70 bits per heavy atom. The molecule has 1 aliphatic rings. The second-order valence-corrected chi connectivity index (χ2v) is 5.63. The summed E-state index contributed by atoms with van der Waals surface area (Å²) in [5.41, 5.74) is 1.72. The third kappa shape index (κ3) is 5.52. The van der Waals surface area contributed by atoms with Crippen LogP contribution >= 0.6 is 11.3 Å². The third-order valence-corrected chi connectivity index (χ3v) is 3.89. The quantitative estimate of drug-likeness (QED) is 0.649. The number of nitrogens with one attached hydrogen (secondary N) is 2. The molecule has 118 valence electrons. The van der Waals surface area contributed by atoms with E-state index in [2.05, 4.69) is 32.4 Å². The number of rotatable bonds is 2. The minimum Gasteiger partial charge on any atom is -0.356 e. The number of carbonyl (C=O) groups excluding carboxylic acids is 2. The van der Waals surface area contributed by atoms with E-state index in [1.807, 2.05) is 19.1 Å². The first kappa shape index (κ1) is 16.6. The van der Waals surface area contributed by atoms with Crippen molar-refractivity contribution in [2.24, 2.45) is 0 Å². The Balaban J connectivity index is 0.000000268. The SMILES string of the molecule is Cc1nc(NC=O)sc1C#Cc1ccncc1.O=C1CCCN1. The number of pyridine rings is 1. The molecule has 1 aliphatic heterocycles. The van der Waals surface area contributed by atoms with E-state index in [4.69, 9.17) is 0 Å². The molecule has 23 heavy (non-hydrogen) atoms. The van der Waals surface area contributed by atoms with E-state index in [0.29, 0.717) is 11.5 Å². The van der Waals surface area contributed by atoms with Gasteiger partial charge in [0.1, 0.15) is 4.88 Å². The molecular weight excluding hydrogens is 312 g/mol. The Kier molecular flexibility index (Phi) is 6.27. The summed E-state index contributed by atoms with van der Waals surface area (Å²) in [7, 11) is 0. The Morgan fingerprint density at radius 1 is 1.35 bits per heavy atom. The predicted octanol–water partition coefficient (Wildman–Crippen LogP) is 1.71. The van der Waals surface area contributed by atoms with E-state index >= 15 is 0 Å². The lowest BCUT2D eigenvalue weighted by atomic mass is 10.2. The average molecular weight is 328 g/mol. The first-order valence-electron chi connectivity index (χ1n) is 7.05. The Morgan fingerprint density at radius 2 is 2.13 bits per heavy atom. The van der Waals surface area contributed by atoms with Gasteiger partial charge in [0.2, 0.25) is 12.3 Å². The lowest BCUT2D eigenvalue weighted by Gasteiger charge is -1.86. The molecule has 3 heterocycles. The summed E-state index contributed by atoms with van der Waals surface area (Å²) < 4.78 is 0. The molecule has 0 aromatic carbocycles. The Labute approximate surface area is 138 Å². The summed E-state index contributed by atoms with van der Waals surface area (Å²) >= 11 is 1.36. The van der Waals surface area contributed by atoms with Crippen molar-refractivity contribution < 1.29 is 9.59 Å². The first-order chi connectivity index (χ1) is 11.2. The van der Waals surface area contributed by atoms with Crippen molar-refractivity contribution in [1.82, 2.24) is 15.3 Å². The van der Waals surface area contributed by atoms with Crippen LogP contribution in [-0.2, 0) is 9.59 Å². The number of hydrogen-bond acceptors (Lipinski definition) is 5.